The molecule has 0 radical (unpaired) electrons. The lowest BCUT2D eigenvalue weighted by molar-refractivity contribution is 0.523. The van der Waals surface area contributed by atoms with Gasteiger partial charge in [0.1, 0.15) is 0 Å². The number of hydrogen-bond acceptors (Lipinski definition) is 4. The topological polar surface area (TPSA) is 55.9 Å². The molecular weight excluding hydrogens is 348 g/mol. The van der Waals surface area contributed by atoms with Gasteiger partial charge in [-0.2, -0.15) is 5.10 Å². The number of fused-ring (bicyclic) bond motifs is 1. The van der Waals surface area contributed by atoms with Gasteiger partial charge in [0, 0.05) is 16.3 Å². The molecular formula is C15H21BrN4S. The summed E-state index contributed by atoms with van der Waals surface area (Å²) < 4.78 is 3.07. The lowest BCUT2D eigenvalue weighted by atomic mass is 9.98. The van der Waals surface area contributed by atoms with Crippen molar-refractivity contribution in [3.63, 3.8) is 0 Å². The van der Waals surface area contributed by atoms with E-state index >= 15 is 0 Å². The Morgan fingerprint density at radius 3 is 3.00 bits per heavy atom. The molecule has 0 aromatic carbocycles. The van der Waals surface area contributed by atoms with Gasteiger partial charge in [-0.1, -0.05) is 6.92 Å². The van der Waals surface area contributed by atoms with Crippen LogP contribution in [0.4, 0.5) is 0 Å². The number of thiophene rings is 1. The van der Waals surface area contributed by atoms with E-state index in [1.54, 1.807) is 0 Å². The maximum absolute atomic E-state index is 5.88. The number of hydrogen-bond donors (Lipinski definition) is 2. The molecule has 0 saturated carbocycles. The normalized spacial score (nSPS) is 16.0. The number of aromatic nitrogens is 2. The van der Waals surface area contributed by atoms with Crippen molar-refractivity contribution in [2.75, 3.05) is 0 Å². The highest BCUT2D eigenvalue weighted by atomic mass is 79.9. The first-order valence-electron chi connectivity index (χ1n) is 7.53. The lowest BCUT2D eigenvalue weighted by Crippen LogP contribution is -2.30. The highest BCUT2D eigenvalue weighted by Crippen LogP contribution is 2.37. The average Bonchev–Trinajstić information content (AvgIpc) is 3.06. The fraction of sp³-hybridized carbons (Fsp3) is 0.533. The molecule has 0 spiro atoms. The molecule has 1 atom stereocenters. The van der Waals surface area contributed by atoms with Crippen molar-refractivity contribution in [3.8, 4) is 0 Å². The minimum atomic E-state index is 0.00373. The van der Waals surface area contributed by atoms with Crippen LogP contribution in [0, 0.1) is 0 Å². The van der Waals surface area contributed by atoms with Gasteiger partial charge in [-0.25, -0.2) is 5.43 Å². The molecule has 3 rings (SSSR count). The summed E-state index contributed by atoms with van der Waals surface area (Å²) in [6, 6.07) is 2.34. The van der Waals surface area contributed by atoms with E-state index in [1.807, 2.05) is 22.2 Å². The zero-order chi connectivity index (χ0) is 14.8. The van der Waals surface area contributed by atoms with E-state index in [0.717, 1.165) is 23.1 Å². The predicted octanol–water partition coefficient (Wildman–Crippen LogP) is 3.55. The molecule has 21 heavy (non-hydrogen) atoms. The summed E-state index contributed by atoms with van der Waals surface area (Å²) in [7, 11) is 0. The summed E-state index contributed by atoms with van der Waals surface area (Å²) in [5, 5.41) is 4.46. The maximum atomic E-state index is 5.88. The molecule has 0 amide bonds. The molecule has 3 N–H and O–H groups in total. The Hall–Kier alpha value is -0.690. The van der Waals surface area contributed by atoms with E-state index in [0.29, 0.717) is 0 Å². The second-order valence-electron chi connectivity index (χ2n) is 5.50. The van der Waals surface area contributed by atoms with Crippen molar-refractivity contribution in [1.29, 1.82) is 0 Å². The summed E-state index contributed by atoms with van der Waals surface area (Å²) in [6.45, 7) is 3.07. The van der Waals surface area contributed by atoms with E-state index in [9.17, 15) is 0 Å². The van der Waals surface area contributed by atoms with Crippen molar-refractivity contribution < 1.29 is 0 Å². The van der Waals surface area contributed by atoms with Gasteiger partial charge in [-0.05, 0) is 59.7 Å². The smallest absolute Gasteiger partial charge is 0.0981 e. The van der Waals surface area contributed by atoms with Crippen molar-refractivity contribution in [2.45, 2.75) is 51.6 Å². The number of rotatable bonds is 5. The van der Waals surface area contributed by atoms with Crippen LogP contribution in [0.25, 0.3) is 0 Å². The third kappa shape index (κ3) is 2.95. The quantitative estimate of drug-likeness (QED) is 0.626. The number of nitrogens with zero attached hydrogens (tertiary/aromatic N) is 2. The Morgan fingerprint density at radius 2 is 2.29 bits per heavy atom. The van der Waals surface area contributed by atoms with Crippen LogP contribution in [-0.2, 0) is 19.4 Å². The second-order valence-corrected chi connectivity index (χ2v) is 7.53. The molecule has 1 aliphatic rings. The van der Waals surface area contributed by atoms with Crippen LogP contribution >= 0.6 is 27.3 Å². The van der Waals surface area contributed by atoms with Crippen molar-refractivity contribution in [1.82, 2.24) is 15.2 Å². The van der Waals surface area contributed by atoms with Gasteiger partial charge in [-0.3, -0.25) is 10.5 Å². The van der Waals surface area contributed by atoms with Crippen molar-refractivity contribution >= 4 is 27.3 Å². The zero-order valence-corrected chi connectivity index (χ0v) is 14.6. The van der Waals surface area contributed by atoms with Gasteiger partial charge in [0.2, 0.25) is 0 Å². The number of hydrazine groups is 1. The fourth-order valence-electron chi connectivity index (χ4n) is 3.00. The molecule has 114 valence electrons. The van der Waals surface area contributed by atoms with Gasteiger partial charge in [0.25, 0.3) is 0 Å². The molecule has 0 bridgehead atoms. The van der Waals surface area contributed by atoms with Crippen LogP contribution in [-0.4, -0.2) is 9.78 Å². The molecule has 6 heteroatoms. The summed E-state index contributed by atoms with van der Waals surface area (Å²) in [5.41, 5.74) is 5.63. The van der Waals surface area contributed by atoms with E-state index in [-0.39, 0.29) is 6.04 Å². The molecule has 2 aromatic rings. The first-order chi connectivity index (χ1) is 10.2. The first-order valence-corrected chi connectivity index (χ1v) is 9.14. The minimum Gasteiger partial charge on any atom is -0.270 e. The van der Waals surface area contributed by atoms with Crippen LogP contribution in [0.5, 0.6) is 0 Å². The third-order valence-corrected chi connectivity index (χ3v) is 5.92. The minimum absolute atomic E-state index is 0.00373. The molecule has 2 heterocycles. The van der Waals surface area contributed by atoms with E-state index in [2.05, 4.69) is 39.4 Å². The van der Waals surface area contributed by atoms with E-state index in [1.165, 1.54) is 41.0 Å². The largest absolute Gasteiger partial charge is 0.270 e. The summed E-state index contributed by atoms with van der Waals surface area (Å²) in [6.07, 6.45) is 7.96. The Bertz CT molecular complexity index is 596. The monoisotopic (exact) mass is 368 g/mol. The molecule has 0 aliphatic heterocycles. The third-order valence-electron chi connectivity index (χ3n) is 4.01. The van der Waals surface area contributed by atoms with Gasteiger partial charge in [-0.15, -0.1) is 11.3 Å². The van der Waals surface area contributed by atoms with Gasteiger partial charge < -0.3 is 0 Å². The van der Waals surface area contributed by atoms with Crippen LogP contribution in [0.1, 0.15) is 53.2 Å². The van der Waals surface area contributed by atoms with Crippen LogP contribution in [0.15, 0.2) is 16.7 Å². The van der Waals surface area contributed by atoms with E-state index in [4.69, 9.17) is 5.84 Å². The highest BCUT2D eigenvalue weighted by Gasteiger charge is 2.24. The van der Waals surface area contributed by atoms with Crippen molar-refractivity contribution in [3.05, 3.63) is 37.7 Å². The first kappa shape index (κ1) is 15.2. The van der Waals surface area contributed by atoms with Crippen LogP contribution < -0.4 is 11.3 Å². The average molecular weight is 369 g/mol. The Kier molecular flexibility index (Phi) is 4.78. The van der Waals surface area contributed by atoms with Gasteiger partial charge >= 0.3 is 0 Å². The Labute approximate surface area is 137 Å². The van der Waals surface area contributed by atoms with E-state index < -0.39 is 0 Å². The second kappa shape index (κ2) is 6.60. The number of nitrogens with two attached hydrogens (primary N) is 1. The molecule has 2 aromatic heterocycles. The molecule has 1 aliphatic carbocycles. The Morgan fingerprint density at radius 1 is 1.48 bits per heavy atom. The summed E-state index contributed by atoms with van der Waals surface area (Å²) >= 11 is 5.52. The van der Waals surface area contributed by atoms with Crippen LogP contribution in [0.2, 0.25) is 0 Å². The number of nitrogens with one attached hydrogen (secondary N) is 1. The number of halogens is 1. The SMILES string of the molecule is CCCn1ncc(Br)c1C(NN)c1cc2c(s1)CCCC2. The highest BCUT2D eigenvalue weighted by molar-refractivity contribution is 9.10. The Balaban J connectivity index is 1.98. The predicted molar refractivity (Wildman–Crippen MR) is 90.3 cm³/mol. The number of aryl methyl sites for hydroxylation is 3. The maximum Gasteiger partial charge on any atom is 0.0981 e. The van der Waals surface area contributed by atoms with Gasteiger partial charge in [0.15, 0.2) is 0 Å². The standard InChI is InChI=1S/C15H21BrN4S/c1-2-7-20-15(11(16)9-18-20)14(19-17)13-8-10-5-3-4-6-12(10)21-13/h8-9,14,19H,2-7,17H2,1H3. The molecule has 4 nitrogen and oxygen atoms in total. The van der Waals surface area contributed by atoms with Crippen LogP contribution in [0.3, 0.4) is 0 Å². The molecule has 0 fully saturated rings. The zero-order valence-electron chi connectivity index (χ0n) is 12.2. The van der Waals surface area contributed by atoms with Crippen molar-refractivity contribution in [2.24, 2.45) is 5.84 Å². The summed E-state index contributed by atoms with van der Waals surface area (Å²) in [4.78, 5) is 2.83. The molecule has 0 saturated heterocycles. The lowest BCUT2D eigenvalue weighted by Gasteiger charge is -2.17. The fourth-order valence-corrected chi connectivity index (χ4v) is 4.85. The summed E-state index contributed by atoms with van der Waals surface area (Å²) in [5.74, 6) is 5.88. The molecule has 1 unspecified atom stereocenters. The van der Waals surface area contributed by atoms with Gasteiger partial charge in [0.05, 0.1) is 22.4 Å².